The number of benzene rings is 1. The van der Waals surface area contributed by atoms with E-state index in [0.717, 1.165) is 25.9 Å². The van der Waals surface area contributed by atoms with Crippen LogP contribution in [0.4, 0.5) is 0 Å². The molecular formula is C12H15NO3. The predicted octanol–water partition coefficient (Wildman–Crippen LogP) is 1.95. The fourth-order valence-electron chi connectivity index (χ4n) is 1.76. The highest BCUT2D eigenvalue weighted by Crippen LogP contribution is 2.14. The number of hydroxylamine groups is 2. The van der Waals surface area contributed by atoms with Crippen LogP contribution in [-0.4, -0.2) is 29.2 Å². The first-order valence-corrected chi connectivity index (χ1v) is 5.52. The van der Waals surface area contributed by atoms with Gasteiger partial charge in [-0.15, -0.1) is 5.06 Å². The Balaban J connectivity index is 1.97. The van der Waals surface area contributed by atoms with Crippen LogP contribution in [0, 0.1) is 0 Å². The van der Waals surface area contributed by atoms with E-state index in [1.54, 1.807) is 17.2 Å². The van der Waals surface area contributed by atoms with Crippen LogP contribution in [-0.2, 0) is 4.84 Å². The van der Waals surface area contributed by atoms with E-state index in [4.69, 9.17) is 4.84 Å². The molecule has 16 heavy (non-hydrogen) atoms. The Kier molecular flexibility index (Phi) is 3.41. The summed E-state index contributed by atoms with van der Waals surface area (Å²) in [6.45, 7) is 1.59. The summed E-state index contributed by atoms with van der Waals surface area (Å²) in [5.74, 6) is -0.328. The lowest BCUT2D eigenvalue weighted by Crippen LogP contribution is -2.32. The molecule has 1 saturated heterocycles. The van der Waals surface area contributed by atoms with E-state index in [-0.39, 0.29) is 5.75 Å². The summed E-state index contributed by atoms with van der Waals surface area (Å²) >= 11 is 0. The third-order valence-electron chi connectivity index (χ3n) is 2.61. The molecule has 2 rings (SSSR count). The molecule has 1 heterocycles. The van der Waals surface area contributed by atoms with Crippen LogP contribution in [0.3, 0.4) is 0 Å². The molecule has 1 aliphatic rings. The zero-order valence-electron chi connectivity index (χ0n) is 9.06. The van der Waals surface area contributed by atoms with Gasteiger partial charge in [0.15, 0.2) is 0 Å². The molecule has 0 unspecified atom stereocenters. The van der Waals surface area contributed by atoms with Gasteiger partial charge in [0.2, 0.25) is 0 Å². The second-order valence-corrected chi connectivity index (χ2v) is 3.92. The Morgan fingerprint density at radius 1 is 1.25 bits per heavy atom. The van der Waals surface area contributed by atoms with Gasteiger partial charge in [-0.05, 0) is 31.0 Å². The molecule has 0 bridgehead atoms. The maximum Gasteiger partial charge on any atom is 0.357 e. The zero-order valence-corrected chi connectivity index (χ0v) is 9.06. The highest BCUT2D eigenvalue weighted by molar-refractivity contribution is 5.89. The predicted molar refractivity (Wildman–Crippen MR) is 58.9 cm³/mol. The SMILES string of the molecule is O=C(ON1CCCCC1)c1cccc(O)c1. The largest absolute Gasteiger partial charge is 0.508 e. The van der Waals surface area contributed by atoms with E-state index < -0.39 is 5.97 Å². The van der Waals surface area contributed by atoms with E-state index in [1.165, 1.54) is 18.6 Å². The van der Waals surface area contributed by atoms with Gasteiger partial charge in [0.25, 0.3) is 0 Å². The van der Waals surface area contributed by atoms with Crippen molar-refractivity contribution in [3.05, 3.63) is 29.8 Å². The van der Waals surface area contributed by atoms with Crippen molar-refractivity contribution >= 4 is 5.97 Å². The van der Waals surface area contributed by atoms with Crippen molar-refractivity contribution in [3.8, 4) is 5.75 Å². The molecule has 1 fully saturated rings. The Morgan fingerprint density at radius 2 is 2.00 bits per heavy atom. The van der Waals surface area contributed by atoms with Crippen LogP contribution in [0.2, 0.25) is 0 Å². The summed E-state index contributed by atoms with van der Waals surface area (Å²) in [4.78, 5) is 16.9. The van der Waals surface area contributed by atoms with Crippen LogP contribution < -0.4 is 0 Å². The quantitative estimate of drug-likeness (QED) is 0.829. The molecule has 86 valence electrons. The zero-order chi connectivity index (χ0) is 11.4. The van der Waals surface area contributed by atoms with E-state index in [1.807, 2.05) is 0 Å². The number of rotatable bonds is 2. The Bertz CT molecular complexity index is 372. The smallest absolute Gasteiger partial charge is 0.357 e. The van der Waals surface area contributed by atoms with Crippen molar-refractivity contribution < 1.29 is 14.7 Å². The van der Waals surface area contributed by atoms with Crippen molar-refractivity contribution in [1.82, 2.24) is 5.06 Å². The maximum atomic E-state index is 11.7. The topological polar surface area (TPSA) is 49.8 Å². The summed E-state index contributed by atoms with van der Waals surface area (Å²) < 4.78 is 0. The van der Waals surface area contributed by atoms with Crippen LogP contribution in [0.5, 0.6) is 5.75 Å². The van der Waals surface area contributed by atoms with E-state index in [2.05, 4.69) is 0 Å². The third kappa shape index (κ3) is 2.73. The molecule has 0 aliphatic carbocycles. The number of nitrogens with zero attached hydrogens (tertiary/aromatic N) is 1. The van der Waals surface area contributed by atoms with Gasteiger partial charge in [0.1, 0.15) is 5.75 Å². The van der Waals surface area contributed by atoms with Gasteiger partial charge in [-0.1, -0.05) is 12.5 Å². The van der Waals surface area contributed by atoms with Crippen molar-refractivity contribution in [3.63, 3.8) is 0 Å². The molecule has 4 nitrogen and oxygen atoms in total. The summed E-state index contributed by atoms with van der Waals surface area (Å²) in [5.41, 5.74) is 0.380. The number of carbonyl (C=O) groups is 1. The van der Waals surface area contributed by atoms with Crippen molar-refractivity contribution in [2.24, 2.45) is 0 Å². The number of hydrogen-bond acceptors (Lipinski definition) is 4. The molecular weight excluding hydrogens is 206 g/mol. The molecule has 0 spiro atoms. The molecule has 0 aromatic heterocycles. The lowest BCUT2D eigenvalue weighted by Gasteiger charge is -2.24. The maximum absolute atomic E-state index is 11.7. The second kappa shape index (κ2) is 4.99. The molecule has 4 heteroatoms. The minimum atomic E-state index is -0.405. The number of hydrogen-bond donors (Lipinski definition) is 1. The minimum absolute atomic E-state index is 0.0769. The van der Waals surface area contributed by atoms with Gasteiger partial charge in [-0.25, -0.2) is 4.79 Å². The average molecular weight is 221 g/mol. The number of aromatic hydroxyl groups is 1. The van der Waals surface area contributed by atoms with Gasteiger partial charge in [-0.2, -0.15) is 0 Å². The van der Waals surface area contributed by atoms with Crippen LogP contribution in [0.15, 0.2) is 24.3 Å². The number of phenols is 1. The molecule has 0 amide bonds. The van der Waals surface area contributed by atoms with E-state index in [9.17, 15) is 9.90 Å². The standard InChI is InChI=1S/C12H15NO3/c14-11-6-4-5-10(9-11)12(15)16-13-7-2-1-3-8-13/h4-6,9,14H,1-3,7-8H2. The van der Waals surface area contributed by atoms with Crippen molar-refractivity contribution in [1.29, 1.82) is 0 Å². The van der Waals surface area contributed by atoms with Gasteiger partial charge in [0, 0.05) is 13.1 Å². The molecule has 1 aromatic rings. The minimum Gasteiger partial charge on any atom is -0.508 e. The summed E-state index contributed by atoms with van der Waals surface area (Å²) in [5, 5.41) is 10.9. The fourth-order valence-corrected chi connectivity index (χ4v) is 1.76. The van der Waals surface area contributed by atoms with Gasteiger partial charge < -0.3 is 9.94 Å². The first-order chi connectivity index (χ1) is 7.75. The summed E-state index contributed by atoms with van der Waals surface area (Å²) in [6.07, 6.45) is 3.32. The summed E-state index contributed by atoms with van der Waals surface area (Å²) in [6, 6.07) is 6.19. The number of piperidine rings is 1. The van der Waals surface area contributed by atoms with Crippen LogP contribution in [0.1, 0.15) is 29.6 Å². The molecule has 0 atom stereocenters. The second-order valence-electron chi connectivity index (χ2n) is 3.92. The first kappa shape index (κ1) is 11.0. The Labute approximate surface area is 94.4 Å². The normalized spacial score (nSPS) is 17.0. The molecule has 1 aliphatic heterocycles. The van der Waals surface area contributed by atoms with Gasteiger partial charge in [-0.3, -0.25) is 0 Å². The van der Waals surface area contributed by atoms with Crippen molar-refractivity contribution in [2.75, 3.05) is 13.1 Å². The molecule has 0 radical (unpaired) electrons. The highest BCUT2D eigenvalue weighted by atomic mass is 16.7. The first-order valence-electron chi connectivity index (χ1n) is 5.52. The Hall–Kier alpha value is -1.55. The monoisotopic (exact) mass is 221 g/mol. The van der Waals surface area contributed by atoms with E-state index in [0.29, 0.717) is 5.56 Å². The lowest BCUT2D eigenvalue weighted by molar-refractivity contribution is -0.119. The number of carbonyl (C=O) groups excluding carboxylic acids is 1. The number of phenolic OH excluding ortho intramolecular Hbond substituents is 1. The van der Waals surface area contributed by atoms with Crippen LogP contribution in [0.25, 0.3) is 0 Å². The van der Waals surface area contributed by atoms with Gasteiger partial charge in [0.05, 0.1) is 5.56 Å². The third-order valence-corrected chi connectivity index (χ3v) is 2.61. The summed E-state index contributed by atoms with van der Waals surface area (Å²) in [7, 11) is 0. The van der Waals surface area contributed by atoms with Crippen LogP contribution >= 0.6 is 0 Å². The molecule has 0 saturated carbocycles. The average Bonchev–Trinajstić information content (AvgIpc) is 2.30. The molecule has 1 aromatic carbocycles. The molecule has 1 N–H and O–H groups in total. The fraction of sp³-hybridized carbons (Fsp3) is 0.417. The van der Waals surface area contributed by atoms with Gasteiger partial charge >= 0.3 is 5.97 Å². The van der Waals surface area contributed by atoms with Crippen molar-refractivity contribution in [2.45, 2.75) is 19.3 Å². The highest BCUT2D eigenvalue weighted by Gasteiger charge is 2.16. The lowest BCUT2D eigenvalue weighted by atomic mass is 10.2. The van der Waals surface area contributed by atoms with E-state index >= 15 is 0 Å². The Morgan fingerprint density at radius 3 is 2.69 bits per heavy atom.